The van der Waals surface area contributed by atoms with Crippen LogP contribution in [-0.2, 0) is 4.79 Å². The summed E-state index contributed by atoms with van der Waals surface area (Å²) in [5, 5.41) is 12.7. The molecule has 2 bridgehead atoms. The highest BCUT2D eigenvalue weighted by Gasteiger charge is 2.45. The first-order valence-electron chi connectivity index (χ1n) is 12.2. The van der Waals surface area contributed by atoms with Gasteiger partial charge in [0.05, 0.1) is 41.1 Å². The van der Waals surface area contributed by atoms with E-state index in [0.717, 1.165) is 19.3 Å². The smallest absolute Gasteiger partial charge is 0.246 e. The topological polar surface area (TPSA) is 94.4 Å². The largest absolute Gasteiger partial charge is 0.492 e. The lowest BCUT2D eigenvalue weighted by Crippen LogP contribution is -2.48. The van der Waals surface area contributed by atoms with Crippen molar-refractivity contribution in [3.8, 4) is 11.8 Å². The van der Waals surface area contributed by atoms with Crippen LogP contribution >= 0.6 is 11.6 Å². The molecule has 3 fully saturated rings. The summed E-state index contributed by atoms with van der Waals surface area (Å²) < 4.78 is 20.9. The highest BCUT2D eigenvalue weighted by molar-refractivity contribution is 6.32. The summed E-state index contributed by atoms with van der Waals surface area (Å²) in [7, 11) is 0. The molecule has 10 heteroatoms. The van der Waals surface area contributed by atoms with Crippen LogP contribution < -0.4 is 15.0 Å². The van der Waals surface area contributed by atoms with Crippen LogP contribution in [0, 0.1) is 23.1 Å². The molecule has 2 saturated heterocycles. The Balaban J connectivity index is 1.32. The van der Waals surface area contributed by atoms with Crippen molar-refractivity contribution in [2.75, 3.05) is 29.9 Å². The lowest BCUT2D eigenvalue weighted by atomic mass is 10.1. The second-order valence-corrected chi connectivity index (χ2v) is 10.1. The Kier molecular flexibility index (Phi) is 5.84. The number of piperazine rings is 1. The molecular formula is C27H24ClFN6O2. The number of aromatic nitrogens is 2. The number of pyridine rings is 2. The maximum absolute atomic E-state index is 15.2. The predicted molar refractivity (Wildman–Crippen MR) is 139 cm³/mol. The van der Waals surface area contributed by atoms with Crippen LogP contribution in [-0.4, -0.2) is 52.6 Å². The molecule has 3 aliphatic rings. The molecule has 4 heterocycles. The van der Waals surface area contributed by atoms with Crippen molar-refractivity contribution in [2.45, 2.75) is 31.3 Å². The van der Waals surface area contributed by atoms with Crippen molar-refractivity contribution in [1.82, 2.24) is 14.9 Å². The van der Waals surface area contributed by atoms with Crippen LogP contribution in [0.3, 0.4) is 0 Å². The van der Waals surface area contributed by atoms with Crippen molar-refractivity contribution in [3.05, 3.63) is 59.5 Å². The average molecular weight is 519 g/mol. The summed E-state index contributed by atoms with van der Waals surface area (Å²) in [6.07, 6.45) is 5.88. The van der Waals surface area contributed by atoms with Crippen molar-refractivity contribution < 1.29 is 13.9 Å². The number of ether oxygens (including phenoxy) is 1. The van der Waals surface area contributed by atoms with E-state index >= 15 is 4.39 Å². The summed E-state index contributed by atoms with van der Waals surface area (Å²) in [4.78, 5) is 25.4. The van der Waals surface area contributed by atoms with Gasteiger partial charge in [0.15, 0.2) is 5.82 Å². The zero-order valence-electron chi connectivity index (χ0n) is 20.0. The van der Waals surface area contributed by atoms with Gasteiger partial charge in [0.2, 0.25) is 5.91 Å². The molecule has 3 aromatic rings. The van der Waals surface area contributed by atoms with Gasteiger partial charge in [-0.25, -0.2) is 9.37 Å². The molecule has 1 aromatic carbocycles. The number of carbonyl (C=O) groups excluding carboxylic acids is 1. The summed E-state index contributed by atoms with van der Waals surface area (Å²) in [6.45, 7) is 5.38. The predicted octanol–water partition coefficient (Wildman–Crippen LogP) is 4.80. The summed E-state index contributed by atoms with van der Waals surface area (Å²) in [5.74, 6) is 0.800. The number of rotatable bonds is 7. The normalized spacial score (nSPS) is 20.2. The first-order valence-corrected chi connectivity index (χ1v) is 12.6. The van der Waals surface area contributed by atoms with E-state index in [2.05, 4.69) is 27.8 Å². The monoisotopic (exact) mass is 518 g/mol. The molecule has 1 aliphatic carbocycles. The third-order valence-electron chi connectivity index (χ3n) is 7.29. The minimum absolute atomic E-state index is 0.0578. The number of hydrogen-bond acceptors (Lipinski definition) is 7. The highest BCUT2D eigenvalue weighted by atomic mass is 35.5. The lowest BCUT2D eigenvalue weighted by Gasteiger charge is -2.34. The molecule has 6 rings (SSSR count). The molecule has 1 amide bonds. The zero-order valence-corrected chi connectivity index (χ0v) is 20.7. The third kappa shape index (κ3) is 4.21. The fourth-order valence-corrected chi connectivity index (χ4v) is 5.35. The Morgan fingerprint density at radius 2 is 2.14 bits per heavy atom. The van der Waals surface area contributed by atoms with Gasteiger partial charge < -0.3 is 19.9 Å². The van der Waals surface area contributed by atoms with Gasteiger partial charge in [0.1, 0.15) is 28.2 Å². The Labute approximate surface area is 218 Å². The number of amides is 1. The van der Waals surface area contributed by atoms with Crippen LogP contribution in [0.15, 0.2) is 43.1 Å². The molecule has 2 aliphatic heterocycles. The number of nitrogens with one attached hydrogen (secondary N) is 1. The Bertz CT molecular complexity index is 1470. The highest BCUT2D eigenvalue weighted by Crippen LogP contribution is 2.39. The fraction of sp³-hybridized carbons (Fsp3) is 0.333. The first kappa shape index (κ1) is 23.5. The molecule has 0 unspecified atom stereocenters. The average Bonchev–Trinajstić information content (AvgIpc) is 3.53. The Hall–Kier alpha value is -3.90. The number of anilines is 3. The van der Waals surface area contributed by atoms with Gasteiger partial charge in [-0.15, -0.1) is 0 Å². The van der Waals surface area contributed by atoms with Gasteiger partial charge in [-0.1, -0.05) is 18.2 Å². The van der Waals surface area contributed by atoms with E-state index in [1.807, 2.05) is 17.0 Å². The Morgan fingerprint density at radius 1 is 1.30 bits per heavy atom. The third-order valence-corrected chi connectivity index (χ3v) is 7.64. The molecule has 1 N–H and O–H groups in total. The fourth-order valence-electron chi connectivity index (χ4n) is 5.13. The number of nitrogens with zero attached hydrogens (tertiary/aromatic N) is 5. The molecule has 2 aromatic heterocycles. The van der Waals surface area contributed by atoms with Gasteiger partial charge in [-0.3, -0.25) is 9.78 Å². The number of nitriles is 1. The minimum atomic E-state index is -0.663. The van der Waals surface area contributed by atoms with Crippen LogP contribution in [0.2, 0.25) is 5.02 Å². The quantitative estimate of drug-likeness (QED) is 0.449. The van der Waals surface area contributed by atoms with Crippen molar-refractivity contribution in [1.29, 1.82) is 5.26 Å². The standard InChI is InChI=1S/C27H24ClFN6O2/c1-2-23(36)35-13-17-9-18(35)12-34(17)22-8-6-20-27(33-22)26(16(10-30)11-31-20)32-19-5-7-21(24(28)25(19)29)37-14-15-3-4-15/h2,5-8,11,15,17-18H,1,3-4,9,12-14H2,(H,31,32)/t17-,18-/m0/s1. The second-order valence-electron chi connectivity index (χ2n) is 9.70. The van der Waals surface area contributed by atoms with Crippen LogP contribution in [0.5, 0.6) is 5.75 Å². The number of carbonyl (C=O) groups is 1. The van der Waals surface area contributed by atoms with E-state index in [0.29, 0.717) is 53.9 Å². The van der Waals surface area contributed by atoms with E-state index in [1.54, 1.807) is 12.1 Å². The van der Waals surface area contributed by atoms with Crippen LogP contribution in [0.25, 0.3) is 11.0 Å². The van der Waals surface area contributed by atoms with Crippen molar-refractivity contribution in [2.24, 2.45) is 5.92 Å². The van der Waals surface area contributed by atoms with Crippen molar-refractivity contribution in [3.63, 3.8) is 0 Å². The van der Waals surface area contributed by atoms with Gasteiger partial charge in [0, 0.05) is 19.3 Å². The molecule has 37 heavy (non-hydrogen) atoms. The Morgan fingerprint density at radius 3 is 2.84 bits per heavy atom. The number of halogens is 2. The van der Waals surface area contributed by atoms with E-state index in [9.17, 15) is 10.1 Å². The lowest BCUT2D eigenvalue weighted by molar-refractivity contribution is -0.127. The van der Waals surface area contributed by atoms with Crippen molar-refractivity contribution >= 4 is 45.7 Å². The number of fused-ring (bicyclic) bond motifs is 3. The summed E-state index contributed by atoms with van der Waals surface area (Å²) >= 11 is 6.28. The molecule has 188 valence electrons. The molecule has 0 spiro atoms. The molecule has 1 saturated carbocycles. The van der Waals surface area contributed by atoms with Crippen LogP contribution in [0.4, 0.5) is 21.6 Å². The molecule has 2 atom stereocenters. The molecular weight excluding hydrogens is 495 g/mol. The maximum Gasteiger partial charge on any atom is 0.246 e. The van der Waals surface area contributed by atoms with E-state index in [1.165, 1.54) is 12.3 Å². The second kappa shape index (κ2) is 9.20. The van der Waals surface area contributed by atoms with E-state index < -0.39 is 5.82 Å². The first-order chi connectivity index (χ1) is 18.0. The molecule has 8 nitrogen and oxygen atoms in total. The summed E-state index contributed by atoms with van der Waals surface area (Å²) in [6, 6.07) is 9.26. The van der Waals surface area contributed by atoms with Gasteiger partial charge in [-0.05, 0) is 55.5 Å². The number of likely N-dealkylation sites (tertiary alicyclic amines) is 1. The van der Waals surface area contributed by atoms with Gasteiger partial charge >= 0.3 is 0 Å². The van der Waals surface area contributed by atoms with Crippen LogP contribution in [0.1, 0.15) is 24.8 Å². The maximum atomic E-state index is 15.2. The van der Waals surface area contributed by atoms with E-state index in [-0.39, 0.29) is 34.3 Å². The van der Waals surface area contributed by atoms with E-state index in [4.69, 9.17) is 21.3 Å². The SMILES string of the molecule is C=CC(=O)N1C[C@@H]2C[C@H]1CN2c1ccc2ncc(C#N)c(Nc3ccc(OCC4CC4)c(Cl)c3F)c2n1. The number of hydrogen-bond donors (Lipinski definition) is 1. The van der Waals surface area contributed by atoms with Gasteiger partial charge in [0.25, 0.3) is 0 Å². The minimum Gasteiger partial charge on any atom is -0.492 e. The van der Waals surface area contributed by atoms with Gasteiger partial charge in [-0.2, -0.15) is 5.26 Å². The zero-order chi connectivity index (χ0) is 25.7. The number of benzene rings is 1. The molecule has 0 radical (unpaired) electrons. The summed E-state index contributed by atoms with van der Waals surface area (Å²) in [5.41, 5.74) is 1.70.